The van der Waals surface area contributed by atoms with Crippen molar-refractivity contribution in [3.63, 3.8) is 0 Å². The molecule has 0 aromatic heterocycles. The van der Waals surface area contributed by atoms with Gasteiger partial charge in [-0.3, -0.25) is 4.79 Å². The molecule has 23 heavy (non-hydrogen) atoms. The van der Waals surface area contributed by atoms with Gasteiger partial charge in [-0.25, -0.2) is 0 Å². The first kappa shape index (κ1) is 17.9. The van der Waals surface area contributed by atoms with Crippen LogP contribution in [0.15, 0.2) is 24.3 Å². The molecule has 3 unspecified atom stereocenters. The average molecular weight is 343 g/mol. The molecule has 3 atom stereocenters. The van der Waals surface area contributed by atoms with Crippen LogP contribution in [0.5, 0.6) is 11.5 Å². The smallest absolute Gasteiger partial charge is 0.310 e. The summed E-state index contributed by atoms with van der Waals surface area (Å²) in [6.45, 7) is 5.01. The fraction of sp³-hybridized carbons (Fsp3) is 0.588. The first-order valence-corrected chi connectivity index (χ1v) is 8.34. The first-order chi connectivity index (χ1) is 11.1. The molecule has 0 bridgehead atoms. The van der Waals surface area contributed by atoms with Gasteiger partial charge < -0.3 is 18.9 Å². The van der Waals surface area contributed by atoms with Gasteiger partial charge in [-0.05, 0) is 38.8 Å². The van der Waals surface area contributed by atoms with E-state index in [0.29, 0.717) is 44.2 Å². The van der Waals surface area contributed by atoms with Crippen LogP contribution in [0.1, 0.15) is 26.7 Å². The summed E-state index contributed by atoms with van der Waals surface area (Å²) in [7, 11) is 0. The number of para-hydroxylation sites is 2. The van der Waals surface area contributed by atoms with Gasteiger partial charge in [0.15, 0.2) is 17.1 Å². The number of hydrogen-bond acceptors (Lipinski definition) is 5. The van der Waals surface area contributed by atoms with Crippen molar-refractivity contribution in [2.75, 3.05) is 19.8 Å². The summed E-state index contributed by atoms with van der Waals surface area (Å²) in [5.74, 6) is 0.922. The minimum Gasteiger partial charge on any atom is -0.490 e. The third-order valence-electron chi connectivity index (χ3n) is 3.55. The minimum absolute atomic E-state index is 0.151. The Morgan fingerprint density at radius 1 is 1.35 bits per heavy atom. The SMILES string of the molecule is CCOc1ccccc1OCC1CC(C(=O)OC(C)Cl)CCO1. The molecule has 5 nitrogen and oxygen atoms in total. The highest BCUT2D eigenvalue weighted by atomic mass is 35.5. The summed E-state index contributed by atoms with van der Waals surface area (Å²) in [5, 5.41) is 0. The molecule has 1 fully saturated rings. The molecule has 0 amide bonds. The largest absolute Gasteiger partial charge is 0.490 e. The minimum atomic E-state index is -0.613. The second-order valence-electron chi connectivity index (χ2n) is 5.38. The van der Waals surface area contributed by atoms with Crippen LogP contribution in [-0.2, 0) is 14.3 Å². The molecule has 1 aromatic rings. The zero-order valence-electron chi connectivity index (χ0n) is 13.5. The van der Waals surface area contributed by atoms with E-state index in [1.807, 2.05) is 31.2 Å². The molecule has 128 valence electrons. The standard InChI is InChI=1S/C17H23ClO5/c1-3-20-15-6-4-5-7-16(15)22-11-14-10-13(8-9-21-14)17(19)23-12(2)18/h4-7,12-14H,3,8-11H2,1-2H3. The van der Waals surface area contributed by atoms with E-state index < -0.39 is 5.56 Å². The van der Waals surface area contributed by atoms with E-state index in [4.69, 9.17) is 30.5 Å². The average Bonchev–Trinajstić information content (AvgIpc) is 2.54. The monoisotopic (exact) mass is 342 g/mol. The van der Waals surface area contributed by atoms with Crippen molar-refractivity contribution in [3.8, 4) is 11.5 Å². The third-order valence-corrected chi connectivity index (χ3v) is 3.64. The lowest BCUT2D eigenvalue weighted by atomic mass is 9.96. The molecule has 0 radical (unpaired) electrons. The second kappa shape index (κ2) is 8.99. The van der Waals surface area contributed by atoms with Crippen molar-refractivity contribution in [1.29, 1.82) is 0 Å². The second-order valence-corrected chi connectivity index (χ2v) is 6.00. The Labute approximate surface area is 141 Å². The maximum absolute atomic E-state index is 11.9. The Kier molecular flexibility index (Phi) is 6.99. The molecule has 1 aliphatic rings. The van der Waals surface area contributed by atoms with Gasteiger partial charge in [0.25, 0.3) is 0 Å². The molecule has 1 saturated heterocycles. The van der Waals surface area contributed by atoms with Crippen LogP contribution in [0.25, 0.3) is 0 Å². The highest BCUT2D eigenvalue weighted by molar-refractivity contribution is 6.19. The molecule has 1 aliphatic heterocycles. The Bertz CT molecular complexity index is 506. The number of benzene rings is 1. The number of alkyl halides is 1. The Hall–Kier alpha value is -1.46. The van der Waals surface area contributed by atoms with Gasteiger partial charge in [0.1, 0.15) is 6.61 Å². The van der Waals surface area contributed by atoms with Gasteiger partial charge in [-0.15, -0.1) is 0 Å². The topological polar surface area (TPSA) is 54.0 Å². The van der Waals surface area contributed by atoms with Gasteiger partial charge in [-0.1, -0.05) is 23.7 Å². The molecule has 1 heterocycles. The number of hydrogen-bond donors (Lipinski definition) is 0. The number of esters is 1. The highest BCUT2D eigenvalue weighted by Gasteiger charge is 2.30. The van der Waals surface area contributed by atoms with E-state index in [-0.39, 0.29) is 18.0 Å². The Morgan fingerprint density at radius 3 is 2.70 bits per heavy atom. The first-order valence-electron chi connectivity index (χ1n) is 7.91. The van der Waals surface area contributed by atoms with E-state index in [9.17, 15) is 4.79 Å². The zero-order chi connectivity index (χ0) is 16.7. The van der Waals surface area contributed by atoms with Crippen molar-refractivity contribution in [2.24, 2.45) is 5.92 Å². The highest BCUT2D eigenvalue weighted by Crippen LogP contribution is 2.28. The van der Waals surface area contributed by atoms with Gasteiger partial charge in [-0.2, -0.15) is 0 Å². The quantitative estimate of drug-likeness (QED) is 0.561. The molecule has 6 heteroatoms. The molecule has 0 saturated carbocycles. The van der Waals surface area contributed by atoms with Crippen molar-refractivity contribution < 1.29 is 23.7 Å². The molecule has 0 aliphatic carbocycles. The molecular weight excluding hydrogens is 320 g/mol. The van der Waals surface area contributed by atoms with E-state index in [1.54, 1.807) is 6.92 Å². The fourth-order valence-electron chi connectivity index (χ4n) is 2.49. The third kappa shape index (κ3) is 5.59. The lowest BCUT2D eigenvalue weighted by molar-refractivity contribution is -0.155. The summed E-state index contributed by atoms with van der Waals surface area (Å²) in [6.07, 6.45) is 1.06. The number of rotatable bonds is 7. The molecule has 1 aromatic carbocycles. The van der Waals surface area contributed by atoms with Gasteiger partial charge in [0.05, 0.1) is 18.6 Å². The molecule has 0 N–H and O–H groups in total. The summed E-state index contributed by atoms with van der Waals surface area (Å²) >= 11 is 5.70. The number of ether oxygens (including phenoxy) is 4. The van der Waals surface area contributed by atoms with E-state index in [2.05, 4.69) is 0 Å². The summed E-state index contributed by atoms with van der Waals surface area (Å²) in [4.78, 5) is 11.9. The van der Waals surface area contributed by atoms with Crippen LogP contribution in [-0.4, -0.2) is 37.5 Å². The van der Waals surface area contributed by atoms with Crippen LogP contribution in [0.2, 0.25) is 0 Å². The van der Waals surface area contributed by atoms with Crippen LogP contribution >= 0.6 is 11.6 Å². The Balaban J connectivity index is 1.87. The van der Waals surface area contributed by atoms with Crippen molar-refractivity contribution >= 4 is 17.6 Å². The van der Waals surface area contributed by atoms with Crippen LogP contribution in [0.4, 0.5) is 0 Å². The van der Waals surface area contributed by atoms with Crippen LogP contribution in [0, 0.1) is 5.92 Å². The van der Waals surface area contributed by atoms with E-state index >= 15 is 0 Å². The van der Waals surface area contributed by atoms with Gasteiger partial charge in [0.2, 0.25) is 0 Å². The fourth-order valence-corrected chi connectivity index (χ4v) is 2.58. The predicted octanol–water partition coefficient (Wildman–Crippen LogP) is 3.39. The van der Waals surface area contributed by atoms with Gasteiger partial charge >= 0.3 is 5.97 Å². The maximum atomic E-state index is 11.9. The summed E-state index contributed by atoms with van der Waals surface area (Å²) in [6, 6.07) is 7.51. The van der Waals surface area contributed by atoms with Crippen molar-refractivity contribution in [3.05, 3.63) is 24.3 Å². The number of halogens is 1. The maximum Gasteiger partial charge on any atom is 0.310 e. The van der Waals surface area contributed by atoms with E-state index in [0.717, 1.165) is 0 Å². The van der Waals surface area contributed by atoms with Crippen molar-refractivity contribution in [1.82, 2.24) is 0 Å². The summed E-state index contributed by atoms with van der Waals surface area (Å²) < 4.78 is 22.1. The number of carbonyl (C=O) groups excluding carboxylic acids is 1. The number of carbonyl (C=O) groups is 1. The van der Waals surface area contributed by atoms with Crippen LogP contribution in [0.3, 0.4) is 0 Å². The lowest BCUT2D eigenvalue weighted by Crippen LogP contribution is -2.35. The zero-order valence-corrected chi connectivity index (χ0v) is 14.3. The predicted molar refractivity (Wildman–Crippen MR) is 87.0 cm³/mol. The lowest BCUT2D eigenvalue weighted by Gasteiger charge is -2.28. The summed E-state index contributed by atoms with van der Waals surface area (Å²) in [5.41, 5.74) is -0.613. The van der Waals surface area contributed by atoms with E-state index in [1.165, 1.54) is 0 Å². The molecule has 2 rings (SSSR count). The van der Waals surface area contributed by atoms with Crippen LogP contribution < -0.4 is 9.47 Å². The van der Waals surface area contributed by atoms with Gasteiger partial charge in [0, 0.05) is 6.61 Å². The molecular formula is C17H23ClO5. The normalized spacial score (nSPS) is 22.2. The Morgan fingerprint density at radius 2 is 2.04 bits per heavy atom. The molecule has 0 spiro atoms. The van der Waals surface area contributed by atoms with Crippen molar-refractivity contribution in [2.45, 2.75) is 38.4 Å².